The molecule has 0 spiro atoms. The molecule has 0 aliphatic carbocycles. The molecule has 2 aromatic rings. The summed E-state index contributed by atoms with van der Waals surface area (Å²) < 4.78 is 17.9. The fourth-order valence-electron chi connectivity index (χ4n) is 1.86. The van der Waals surface area contributed by atoms with Crippen molar-refractivity contribution in [2.24, 2.45) is 0 Å². The molecule has 104 valence electrons. The van der Waals surface area contributed by atoms with Gasteiger partial charge in [-0.3, -0.25) is 4.79 Å². The Kier molecular flexibility index (Phi) is 4.35. The Morgan fingerprint density at radius 1 is 1.10 bits per heavy atom. The Hall–Kier alpha value is -2.36. The first kappa shape index (κ1) is 14.1. The number of halogens is 1. The normalized spacial score (nSPS) is 11.8. The first-order valence-corrected chi connectivity index (χ1v) is 6.30. The van der Waals surface area contributed by atoms with E-state index in [9.17, 15) is 9.18 Å². The van der Waals surface area contributed by atoms with E-state index in [4.69, 9.17) is 4.74 Å². The summed E-state index contributed by atoms with van der Waals surface area (Å²) in [6.07, 6.45) is 0. The second-order valence-electron chi connectivity index (χ2n) is 4.48. The fourth-order valence-corrected chi connectivity index (χ4v) is 1.86. The predicted octanol–water partition coefficient (Wildman–Crippen LogP) is 3.33. The van der Waals surface area contributed by atoms with Crippen molar-refractivity contribution in [2.75, 3.05) is 7.11 Å². The van der Waals surface area contributed by atoms with Crippen LogP contribution in [0.25, 0.3) is 0 Å². The van der Waals surface area contributed by atoms with Crippen LogP contribution in [0.5, 0.6) is 5.75 Å². The molecule has 2 rings (SSSR count). The Balaban J connectivity index is 2.04. The van der Waals surface area contributed by atoms with Gasteiger partial charge >= 0.3 is 0 Å². The van der Waals surface area contributed by atoms with Gasteiger partial charge in [-0.05, 0) is 48.9 Å². The zero-order valence-electron chi connectivity index (χ0n) is 11.4. The largest absolute Gasteiger partial charge is 0.497 e. The van der Waals surface area contributed by atoms with Crippen LogP contribution in [0.15, 0.2) is 48.5 Å². The summed E-state index contributed by atoms with van der Waals surface area (Å²) in [7, 11) is 1.61. The molecule has 4 heteroatoms. The van der Waals surface area contributed by atoms with E-state index in [1.165, 1.54) is 24.3 Å². The van der Waals surface area contributed by atoms with Gasteiger partial charge in [-0.15, -0.1) is 0 Å². The van der Waals surface area contributed by atoms with Gasteiger partial charge in [0, 0.05) is 5.56 Å². The average Bonchev–Trinajstić information content (AvgIpc) is 2.48. The lowest BCUT2D eigenvalue weighted by Gasteiger charge is -2.14. The molecule has 0 radical (unpaired) electrons. The molecule has 0 aliphatic heterocycles. The Labute approximate surface area is 117 Å². The van der Waals surface area contributed by atoms with Gasteiger partial charge in [0.15, 0.2) is 0 Å². The summed E-state index contributed by atoms with van der Waals surface area (Å²) in [6, 6.07) is 12.8. The SMILES string of the molecule is COc1ccc([C@@H](C)NC(=O)c2ccc(F)cc2)cc1. The number of carbonyl (C=O) groups is 1. The topological polar surface area (TPSA) is 38.3 Å². The van der Waals surface area contributed by atoms with Gasteiger partial charge in [-0.1, -0.05) is 12.1 Å². The van der Waals surface area contributed by atoms with Crippen LogP contribution < -0.4 is 10.1 Å². The zero-order valence-corrected chi connectivity index (χ0v) is 11.4. The fraction of sp³-hybridized carbons (Fsp3) is 0.188. The van der Waals surface area contributed by atoms with Crippen molar-refractivity contribution in [3.8, 4) is 5.75 Å². The summed E-state index contributed by atoms with van der Waals surface area (Å²) in [5.74, 6) is 0.184. The molecule has 20 heavy (non-hydrogen) atoms. The molecule has 0 fully saturated rings. The maximum atomic E-state index is 12.8. The number of rotatable bonds is 4. The zero-order chi connectivity index (χ0) is 14.5. The van der Waals surface area contributed by atoms with Crippen molar-refractivity contribution in [3.05, 3.63) is 65.5 Å². The van der Waals surface area contributed by atoms with Crippen molar-refractivity contribution < 1.29 is 13.9 Å². The van der Waals surface area contributed by atoms with E-state index in [1.807, 2.05) is 31.2 Å². The number of hydrogen-bond acceptors (Lipinski definition) is 2. The van der Waals surface area contributed by atoms with E-state index in [0.717, 1.165) is 11.3 Å². The highest BCUT2D eigenvalue weighted by Crippen LogP contribution is 2.17. The maximum absolute atomic E-state index is 12.8. The third kappa shape index (κ3) is 3.35. The van der Waals surface area contributed by atoms with Crippen LogP contribution in [0, 0.1) is 5.82 Å². The van der Waals surface area contributed by atoms with Gasteiger partial charge in [0.1, 0.15) is 11.6 Å². The molecule has 0 saturated carbocycles. The molecule has 0 heterocycles. The van der Waals surface area contributed by atoms with E-state index >= 15 is 0 Å². The van der Waals surface area contributed by atoms with Crippen LogP contribution in [0.1, 0.15) is 28.9 Å². The number of benzene rings is 2. The monoisotopic (exact) mass is 273 g/mol. The van der Waals surface area contributed by atoms with Gasteiger partial charge in [0.25, 0.3) is 5.91 Å². The number of carbonyl (C=O) groups excluding carboxylic acids is 1. The lowest BCUT2D eigenvalue weighted by Crippen LogP contribution is -2.26. The third-order valence-electron chi connectivity index (χ3n) is 3.07. The van der Waals surface area contributed by atoms with Gasteiger partial charge < -0.3 is 10.1 Å². The number of nitrogens with one attached hydrogen (secondary N) is 1. The second kappa shape index (κ2) is 6.19. The minimum absolute atomic E-state index is 0.140. The molecule has 1 amide bonds. The van der Waals surface area contributed by atoms with E-state index in [1.54, 1.807) is 7.11 Å². The molecule has 0 bridgehead atoms. The van der Waals surface area contributed by atoms with Crippen LogP contribution in [-0.4, -0.2) is 13.0 Å². The van der Waals surface area contributed by atoms with E-state index < -0.39 is 0 Å². The molecular formula is C16H16FNO2. The molecule has 0 aromatic heterocycles. The highest BCUT2D eigenvalue weighted by atomic mass is 19.1. The number of amides is 1. The molecule has 2 aromatic carbocycles. The molecule has 0 aliphatic rings. The Morgan fingerprint density at radius 2 is 1.70 bits per heavy atom. The smallest absolute Gasteiger partial charge is 0.251 e. The quantitative estimate of drug-likeness (QED) is 0.928. The first-order chi connectivity index (χ1) is 9.60. The van der Waals surface area contributed by atoms with Crippen LogP contribution in [-0.2, 0) is 0 Å². The summed E-state index contributed by atoms with van der Waals surface area (Å²) in [6.45, 7) is 1.89. The Bertz CT molecular complexity index is 578. The van der Waals surface area contributed by atoms with E-state index in [2.05, 4.69) is 5.32 Å². The number of ether oxygens (including phenoxy) is 1. The molecule has 1 N–H and O–H groups in total. The van der Waals surface area contributed by atoms with Crippen LogP contribution in [0.2, 0.25) is 0 Å². The molecule has 1 atom stereocenters. The highest BCUT2D eigenvalue weighted by Gasteiger charge is 2.11. The molecule has 0 unspecified atom stereocenters. The van der Waals surface area contributed by atoms with Crippen molar-refractivity contribution in [1.29, 1.82) is 0 Å². The minimum atomic E-state index is -0.357. The average molecular weight is 273 g/mol. The predicted molar refractivity (Wildman–Crippen MR) is 75.3 cm³/mol. The standard InChI is InChI=1S/C16H16FNO2/c1-11(12-5-9-15(20-2)10-6-12)18-16(19)13-3-7-14(17)8-4-13/h3-11H,1-2H3,(H,18,19)/t11-/m1/s1. The van der Waals surface area contributed by atoms with Crippen molar-refractivity contribution >= 4 is 5.91 Å². The highest BCUT2D eigenvalue weighted by molar-refractivity contribution is 5.94. The maximum Gasteiger partial charge on any atom is 0.251 e. The van der Waals surface area contributed by atoms with Crippen LogP contribution >= 0.6 is 0 Å². The van der Waals surface area contributed by atoms with Crippen LogP contribution in [0.3, 0.4) is 0 Å². The molecule has 3 nitrogen and oxygen atoms in total. The van der Waals surface area contributed by atoms with Crippen molar-refractivity contribution in [1.82, 2.24) is 5.32 Å². The lowest BCUT2D eigenvalue weighted by molar-refractivity contribution is 0.0940. The van der Waals surface area contributed by atoms with E-state index in [-0.39, 0.29) is 17.8 Å². The van der Waals surface area contributed by atoms with E-state index in [0.29, 0.717) is 5.56 Å². The Morgan fingerprint density at radius 3 is 2.25 bits per heavy atom. The second-order valence-corrected chi connectivity index (χ2v) is 4.48. The van der Waals surface area contributed by atoms with Gasteiger partial charge in [-0.2, -0.15) is 0 Å². The summed E-state index contributed by atoms with van der Waals surface area (Å²) in [5, 5.41) is 2.87. The van der Waals surface area contributed by atoms with Crippen molar-refractivity contribution in [3.63, 3.8) is 0 Å². The van der Waals surface area contributed by atoms with Gasteiger partial charge in [-0.25, -0.2) is 4.39 Å². The summed E-state index contributed by atoms with van der Waals surface area (Å²) in [4.78, 5) is 12.0. The number of methoxy groups -OCH3 is 1. The number of hydrogen-bond donors (Lipinski definition) is 1. The third-order valence-corrected chi connectivity index (χ3v) is 3.07. The lowest BCUT2D eigenvalue weighted by atomic mass is 10.1. The molecule has 0 saturated heterocycles. The summed E-state index contributed by atoms with van der Waals surface area (Å²) in [5.41, 5.74) is 1.41. The molecular weight excluding hydrogens is 257 g/mol. The minimum Gasteiger partial charge on any atom is -0.497 e. The van der Waals surface area contributed by atoms with Gasteiger partial charge in [0.05, 0.1) is 13.2 Å². The first-order valence-electron chi connectivity index (χ1n) is 6.30. The van der Waals surface area contributed by atoms with Crippen LogP contribution in [0.4, 0.5) is 4.39 Å². The van der Waals surface area contributed by atoms with Gasteiger partial charge in [0.2, 0.25) is 0 Å². The summed E-state index contributed by atoms with van der Waals surface area (Å²) >= 11 is 0. The van der Waals surface area contributed by atoms with Crippen molar-refractivity contribution in [2.45, 2.75) is 13.0 Å².